The van der Waals surface area contributed by atoms with Gasteiger partial charge in [-0.05, 0) is 18.6 Å². The molecule has 0 bridgehead atoms. The van der Waals surface area contributed by atoms with Crippen molar-refractivity contribution in [2.24, 2.45) is 0 Å². The second-order valence-electron chi connectivity index (χ2n) is 4.37. The van der Waals surface area contributed by atoms with Crippen molar-refractivity contribution >= 4 is 11.9 Å². The summed E-state index contributed by atoms with van der Waals surface area (Å²) in [5, 5.41) is 8.82. The number of rotatable bonds is 9. The van der Waals surface area contributed by atoms with E-state index >= 15 is 0 Å². The van der Waals surface area contributed by atoms with Crippen LogP contribution in [0.4, 0.5) is 0 Å². The molecule has 0 saturated carbocycles. The van der Waals surface area contributed by atoms with Crippen molar-refractivity contribution in [3.05, 3.63) is 29.6 Å². The maximum atomic E-state index is 12.3. The number of pyridine rings is 1. The second kappa shape index (κ2) is 9.04. The van der Waals surface area contributed by atoms with Crippen molar-refractivity contribution < 1.29 is 24.2 Å². The molecule has 0 aliphatic rings. The zero-order chi connectivity index (χ0) is 15.7. The van der Waals surface area contributed by atoms with Crippen molar-refractivity contribution in [3.8, 4) is 0 Å². The molecular formula is C14H20N2O5. The quantitative estimate of drug-likeness (QED) is 0.681. The first-order chi connectivity index (χ1) is 10.1. The minimum absolute atomic E-state index is 0.0503. The smallest absolute Gasteiger partial charge is 0.337 e. The zero-order valence-electron chi connectivity index (χ0n) is 12.2. The molecule has 0 atom stereocenters. The highest BCUT2D eigenvalue weighted by molar-refractivity contribution is 5.93. The average molecular weight is 296 g/mol. The standard InChI is InChI=1S/C14H20N2O5/c1-20-8-3-6-16(7-9-21-2)13(17)12-5-4-11(10-15-12)14(18)19/h4-5,10H,3,6-9H2,1-2H3,(H,18,19). The van der Waals surface area contributed by atoms with E-state index in [0.29, 0.717) is 32.7 Å². The van der Waals surface area contributed by atoms with Gasteiger partial charge in [0.2, 0.25) is 0 Å². The van der Waals surface area contributed by atoms with E-state index in [1.807, 2.05) is 0 Å². The van der Waals surface area contributed by atoms with Gasteiger partial charge >= 0.3 is 5.97 Å². The molecule has 1 aromatic rings. The number of carbonyl (C=O) groups excluding carboxylic acids is 1. The summed E-state index contributed by atoms with van der Waals surface area (Å²) in [6.07, 6.45) is 1.89. The largest absolute Gasteiger partial charge is 0.478 e. The van der Waals surface area contributed by atoms with Gasteiger partial charge in [-0.15, -0.1) is 0 Å². The average Bonchev–Trinajstić information content (AvgIpc) is 2.50. The zero-order valence-corrected chi connectivity index (χ0v) is 12.2. The Hall–Kier alpha value is -1.99. The summed E-state index contributed by atoms with van der Waals surface area (Å²) in [7, 11) is 3.17. The Kier molecular flexibility index (Phi) is 7.34. The van der Waals surface area contributed by atoms with E-state index in [-0.39, 0.29) is 17.2 Å². The van der Waals surface area contributed by atoms with Crippen LogP contribution in [0.3, 0.4) is 0 Å². The second-order valence-corrected chi connectivity index (χ2v) is 4.37. The monoisotopic (exact) mass is 296 g/mol. The van der Waals surface area contributed by atoms with Gasteiger partial charge in [0.15, 0.2) is 0 Å². The number of carbonyl (C=O) groups is 2. The first-order valence-electron chi connectivity index (χ1n) is 6.56. The molecule has 1 rings (SSSR count). The molecule has 0 unspecified atom stereocenters. The summed E-state index contributed by atoms with van der Waals surface area (Å²) in [5.74, 6) is -1.32. The molecule has 0 radical (unpaired) electrons. The van der Waals surface area contributed by atoms with Crippen molar-refractivity contribution in [2.45, 2.75) is 6.42 Å². The first kappa shape index (κ1) is 17.1. The number of hydrogen-bond donors (Lipinski definition) is 1. The van der Waals surface area contributed by atoms with Crippen LogP contribution in [0.15, 0.2) is 18.3 Å². The normalized spacial score (nSPS) is 10.4. The van der Waals surface area contributed by atoms with Gasteiger partial charge in [0.25, 0.3) is 5.91 Å². The maximum Gasteiger partial charge on any atom is 0.337 e. The molecule has 1 amide bonds. The summed E-state index contributed by atoms with van der Waals surface area (Å²) in [4.78, 5) is 28.6. The first-order valence-corrected chi connectivity index (χ1v) is 6.56. The van der Waals surface area contributed by atoms with Crippen LogP contribution in [0.5, 0.6) is 0 Å². The minimum atomic E-state index is -1.07. The molecular weight excluding hydrogens is 276 g/mol. The van der Waals surface area contributed by atoms with Crippen molar-refractivity contribution in [1.29, 1.82) is 0 Å². The van der Waals surface area contributed by atoms with Gasteiger partial charge in [-0.2, -0.15) is 0 Å². The summed E-state index contributed by atoms with van der Waals surface area (Å²) in [6, 6.07) is 2.79. The van der Waals surface area contributed by atoms with Gasteiger partial charge in [-0.3, -0.25) is 9.78 Å². The third-order valence-corrected chi connectivity index (χ3v) is 2.86. The lowest BCUT2D eigenvalue weighted by Gasteiger charge is -2.21. The van der Waals surface area contributed by atoms with Gasteiger partial charge in [0, 0.05) is 40.1 Å². The van der Waals surface area contributed by atoms with Crippen molar-refractivity contribution in [1.82, 2.24) is 9.88 Å². The molecule has 1 aromatic heterocycles. The van der Waals surface area contributed by atoms with Crippen LogP contribution in [-0.2, 0) is 9.47 Å². The highest BCUT2D eigenvalue weighted by Gasteiger charge is 2.17. The molecule has 0 aliphatic carbocycles. The van der Waals surface area contributed by atoms with E-state index in [1.54, 1.807) is 19.1 Å². The van der Waals surface area contributed by atoms with Crippen LogP contribution in [0.1, 0.15) is 27.3 Å². The fourth-order valence-corrected chi connectivity index (χ4v) is 1.73. The highest BCUT2D eigenvalue weighted by atomic mass is 16.5. The van der Waals surface area contributed by atoms with Gasteiger partial charge in [0.1, 0.15) is 5.69 Å². The van der Waals surface area contributed by atoms with Crippen LogP contribution in [0.2, 0.25) is 0 Å². The molecule has 1 N–H and O–H groups in total. The number of aromatic carboxylic acids is 1. The summed E-state index contributed by atoms with van der Waals surface area (Å²) < 4.78 is 9.97. The molecule has 0 fully saturated rings. The number of hydrogen-bond acceptors (Lipinski definition) is 5. The summed E-state index contributed by atoms with van der Waals surface area (Å²) >= 11 is 0. The molecule has 7 nitrogen and oxygen atoms in total. The van der Waals surface area contributed by atoms with Gasteiger partial charge in [0.05, 0.1) is 12.2 Å². The molecule has 0 spiro atoms. The predicted molar refractivity (Wildman–Crippen MR) is 75.5 cm³/mol. The molecule has 1 heterocycles. The number of methoxy groups -OCH3 is 2. The molecule has 0 aliphatic heterocycles. The van der Waals surface area contributed by atoms with Crippen LogP contribution in [0.25, 0.3) is 0 Å². The molecule has 0 aromatic carbocycles. The Bertz CT molecular complexity index is 461. The van der Waals surface area contributed by atoms with Crippen molar-refractivity contribution in [2.75, 3.05) is 40.5 Å². The molecule has 0 saturated heterocycles. The van der Waals surface area contributed by atoms with E-state index in [4.69, 9.17) is 14.6 Å². The number of aromatic nitrogens is 1. The van der Waals surface area contributed by atoms with Gasteiger partial charge in [-0.1, -0.05) is 0 Å². The lowest BCUT2D eigenvalue weighted by Crippen LogP contribution is -2.35. The predicted octanol–water partition coefficient (Wildman–Crippen LogP) is 0.905. The van der Waals surface area contributed by atoms with E-state index in [0.717, 1.165) is 0 Å². The maximum absolute atomic E-state index is 12.3. The van der Waals surface area contributed by atoms with Crippen LogP contribution >= 0.6 is 0 Å². The fraction of sp³-hybridized carbons (Fsp3) is 0.500. The Labute approximate surface area is 123 Å². The van der Waals surface area contributed by atoms with Crippen LogP contribution < -0.4 is 0 Å². The minimum Gasteiger partial charge on any atom is -0.478 e. The van der Waals surface area contributed by atoms with E-state index in [9.17, 15) is 9.59 Å². The fourth-order valence-electron chi connectivity index (χ4n) is 1.73. The molecule has 116 valence electrons. The molecule has 7 heteroatoms. The summed E-state index contributed by atoms with van der Waals surface area (Å²) in [5.41, 5.74) is 0.267. The third kappa shape index (κ3) is 5.49. The van der Waals surface area contributed by atoms with Gasteiger partial charge < -0.3 is 19.5 Å². The van der Waals surface area contributed by atoms with Gasteiger partial charge in [-0.25, -0.2) is 4.79 Å². The van der Waals surface area contributed by atoms with E-state index < -0.39 is 5.97 Å². The van der Waals surface area contributed by atoms with E-state index in [1.165, 1.54) is 18.3 Å². The van der Waals surface area contributed by atoms with E-state index in [2.05, 4.69) is 4.98 Å². The van der Waals surface area contributed by atoms with Crippen molar-refractivity contribution in [3.63, 3.8) is 0 Å². The number of ether oxygens (including phenoxy) is 2. The lowest BCUT2D eigenvalue weighted by atomic mass is 10.2. The number of amides is 1. The topological polar surface area (TPSA) is 89.0 Å². The Morgan fingerprint density at radius 1 is 1.19 bits per heavy atom. The lowest BCUT2D eigenvalue weighted by molar-refractivity contribution is 0.0662. The summed E-state index contributed by atoms with van der Waals surface area (Å²) in [6.45, 7) is 1.95. The number of nitrogens with zero attached hydrogens (tertiary/aromatic N) is 2. The number of carboxylic acid groups (broad SMARTS) is 1. The Morgan fingerprint density at radius 3 is 2.43 bits per heavy atom. The molecule has 21 heavy (non-hydrogen) atoms. The van der Waals surface area contributed by atoms with Crippen LogP contribution in [-0.4, -0.2) is 67.4 Å². The SMILES string of the molecule is COCCCN(CCOC)C(=O)c1ccc(C(=O)O)cn1. The third-order valence-electron chi connectivity index (χ3n) is 2.86. The number of carboxylic acids is 1. The highest BCUT2D eigenvalue weighted by Crippen LogP contribution is 2.05. The Balaban J connectivity index is 2.75. The van der Waals surface area contributed by atoms with Crippen LogP contribution in [0, 0.1) is 0 Å². The Morgan fingerprint density at radius 2 is 1.90 bits per heavy atom.